The molecule has 0 spiro atoms. The minimum Gasteiger partial charge on any atom is -0.494 e. The van der Waals surface area contributed by atoms with Gasteiger partial charge in [0.2, 0.25) is 0 Å². The number of aromatic nitrogens is 20. The third-order valence-electron chi connectivity index (χ3n) is 10.3. The van der Waals surface area contributed by atoms with Gasteiger partial charge in [-0.05, 0) is 213 Å². The number of thiazole rings is 1. The summed E-state index contributed by atoms with van der Waals surface area (Å²) in [5.41, 5.74) is 10.2. The minimum atomic E-state index is 0. The zero-order valence-electron chi connectivity index (χ0n) is 77.4. The first-order valence-corrected chi connectivity index (χ1v) is 42.4. The summed E-state index contributed by atoms with van der Waals surface area (Å²) >= 11 is 8.25. The van der Waals surface area contributed by atoms with Gasteiger partial charge in [-0.1, -0.05) is 174 Å². The SMILES string of the molecule is CC.CC.CC.CC.CC.CC.CC.CC.CC.Cc1ccco1.Cc1cccs1.Cc1ccsc1.Cc1cnc2c(c1)OCC[N-]2.Cc1cnccn1.Cc1cncnc1.Cc1cnco1.Cc1cncs1.Cc1cnoc1.Cc1n[n-]c(C)n1.Cc1n[n-]c(C)n1.Cc1nnc(C)s1.Cc1nnsc1C.Cc1nonc1C.[Y].[Y].[Y]. The number of pyridine rings is 1. The largest absolute Gasteiger partial charge is 0.494 e. The standard InChI is InChI=1S/C8H9N2O.2C5H6N2.C5H6O.2C5H6S.2C4H6N3.C4H6N2O.2C4H6N2S.2C4H5NO.C4H5NS.9C2H6.3Y/c1-6-4-7-8(10-5-6)9-2-3-11-7;1-5-2-6-4-7-3-5;1-5-4-6-2-3-7-5;1-5-3-2-4-6-5;1-5-2-3-6-4-5;1-5-3-2-4-6-5;2*1-3-5-4(2)7-6-3;1-3-4(2)6-7-5-3;1-3-5-6-4(2)7-3;1-3-4(2)7-6-5-3;1-4-2-5-3-6-4;1-4-2-5-6-3-4;1-4-2-5-3-6-4;9*1-2;;;/h4-5H,2-3H2,1H3;2*2-4H,1H3;3*2-4H,1H3;5*1-2H3;3*2-3H,1H3;9*1-2H3;;;/q-1;;;;;;2*-1;;;;;;;;;;;;;;;;;;. The Labute approximate surface area is 799 Å². The van der Waals surface area contributed by atoms with Gasteiger partial charge in [-0.3, -0.25) is 25.1 Å². The van der Waals surface area contributed by atoms with Crippen molar-refractivity contribution >= 4 is 62.7 Å². The van der Waals surface area contributed by atoms with Crippen molar-refractivity contribution in [2.45, 2.75) is 256 Å². The molecule has 0 bridgehead atoms. The molecule has 0 fully saturated rings. The zero-order chi connectivity index (χ0) is 88.7. The molecular formula is C83H138N21O5S5Y3-3. The van der Waals surface area contributed by atoms with Crippen LogP contribution in [0.15, 0.2) is 157 Å². The Bertz CT molecular complexity index is 3500. The molecule has 0 aromatic carbocycles. The fourth-order valence-corrected chi connectivity index (χ4v) is 8.13. The van der Waals surface area contributed by atoms with Crippen LogP contribution in [0.2, 0.25) is 0 Å². The summed E-state index contributed by atoms with van der Waals surface area (Å²) in [6.07, 6.45) is 21.8. The molecule has 14 aromatic heterocycles. The molecule has 15 heterocycles. The molecule has 0 saturated carbocycles. The van der Waals surface area contributed by atoms with Gasteiger partial charge in [0.25, 0.3) is 0 Å². The number of thiophene rings is 2. The third kappa shape index (κ3) is 90.1. The summed E-state index contributed by atoms with van der Waals surface area (Å²) in [7, 11) is 0. The second kappa shape index (κ2) is 102. The van der Waals surface area contributed by atoms with Crippen molar-refractivity contribution in [2.24, 2.45) is 0 Å². The van der Waals surface area contributed by atoms with E-state index in [1.807, 2.05) is 272 Å². The molecule has 0 unspecified atom stereocenters. The van der Waals surface area contributed by atoms with Crippen molar-refractivity contribution < 1.29 is 121 Å². The van der Waals surface area contributed by atoms with E-state index < -0.39 is 0 Å². The molecular weight excluding hydrogens is 1800 g/mol. The number of hydrogen-bond donors (Lipinski definition) is 0. The predicted molar refractivity (Wildman–Crippen MR) is 481 cm³/mol. The van der Waals surface area contributed by atoms with Gasteiger partial charge in [0.1, 0.15) is 51.3 Å². The van der Waals surface area contributed by atoms with Gasteiger partial charge < -0.3 is 48.6 Å². The minimum absolute atomic E-state index is 0. The van der Waals surface area contributed by atoms with Crippen LogP contribution in [0.1, 0.15) is 229 Å². The molecule has 3 radical (unpaired) electrons. The Morgan fingerprint density at radius 3 is 1.23 bits per heavy atom. The van der Waals surface area contributed by atoms with Gasteiger partial charge in [-0.2, -0.15) is 11.3 Å². The van der Waals surface area contributed by atoms with Crippen LogP contribution in [-0.2, 0) is 98.1 Å². The van der Waals surface area contributed by atoms with Crippen molar-refractivity contribution in [3.05, 3.63) is 249 Å². The average Bonchev–Trinajstić information content (AvgIpc) is 1.84. The van der Waals surface area contributed by atoms with Crippen LogP contribution >= 0.6 is 56.9 Å². The molecule has 1 aliphatic rings. The van der Waals surface area contributed by atoms with Crippen LogP contribution in [0.4, 0.5) is 5.82 Å². The normalized spacial score (nSPS) is 8.42. The van der Waals surface area contributed by atoms with E-state index in [2.05, 4.69) is 163 Å². The van der Waals surface area contributed by atoms with Gasteiger partial charge in [0.15, 0.2) is 6.39 Å². The van der Waals surface area contributed by atoms with E-state index in [4.69, 9.17) is 13.6 Å². The summed E-state index contributed by atoms with van der Waals surface area (Å²) in [6.45, 7) is 74.0. The smallest absolute Gasteiger partial charge is 0.180 e. The summed E-state index contributed by atoms with van der Waals surface area (Å²) < 4.78 is 27.4. The summed E-state index contributed by atoms with van der Waals surface area (Å²) in [6, 6.07) is 12.0. The number of furan rings is 1. The zero-order valence-corrected chi connectivity index (χ0v) is 90.0. The molecule has 0 saturated heterocycles. The number of oxazole rings is 1. The van der Waals surface area contributed by atoms with Crippen LogP contribution in [0.25, 0.3) is 5.32 Å². The summed E-state index contributed by atoms with van der Waals surface area (Å²) in [4.78, 5) is 38.6. The van der Waals surface area contributed by atoms with Crippen molar-refractivity contribution in [1.82, 2.24) is 101 Å². The molecule has 1 aliphatic heterocycles. The van der Waals surface area contributed by atoms with E-state index in [-0.39, 0.29) is 98.1 Å². The Hall–Kier alpha value is -6.51. The molecule has 117 heavy (non-hydrogen) atoms. The maximum Gasteiger partial charge on any atom is 0.180 e. The van der Waals surface area contributed by atoms with Crippen molar-refractivity contribution in [1.29, 1.82) is 0 Å². The molecule has 0 atom stereocenters. The van der Waals surface area contributed by atoms with E-state index in [0.29, 0.717) is 6.61 Å². The molecule has 0 amide bonds. The third-order valence-corrected chi connectivity index (χ3v) is 14.1. The number of ether oxygens (including phenoxy) is 1. The first-order valence-electron chi connectivity index (χ1n) is 38.1. The molecule has 0 N–H and O–H groups in total. The van der Waals surface area contributed by atoms with Gasteiger partial charge in [-0.25, -0.2) is 19.6 Å². The molecule has 647 valence electrons. The Morgan fingerprint density at radius 2 is 1.03 bits per heavy atom. The molecule has 0 aliphatic carbocycles. The molecule has 14 aromatic rings. The number of nitrogens with zero attached hydrogens (tertiary/aromatic N) is 21. The van der Waals surface area contributed by atoms with Crippen molar-refractivity contribution in [2.75, 3.05) is 13.2 Å². The second-order valence-corrected chi connectivity index (χ2v) is 24.9. The first-order chi connectivity index (χ1) is 55.0. The van der Waals surface area contributed by atoms with Gasteiger partial charge >= 0.3 is 0 Å². The van der Waals surface area contributed by atoms with E-state index in [1.54, 1.807) is 107 Å². The van der Waals surface area contributed by atoms with E-state index in [1.165, 1.54) is 44.4 Å². The topological polar surface area (TPSA) is 336 Å². The van der Waals surface area contributed by atoms with Crippen molar-refractivity contribution in [3.8, 4) is 5.75 Å². The van der Waals surface area contributed by atoms with Gasteiger partial charge in [0, 0.05) is 167 Å². The molecule has 15 rings (SSSR count). The quantitative estimate of drug-likeness (QED) is 0.136. The van der Waals surface area contributed by atoms with Crippen molar-refractivity contribution in [3.63, 3.8) is 0 Å². The number of fused-ring (bicyclic) bond motifs is 1. The Kier molecular flexibility index (Phi) is 116. The summed E-state index contributed by atoms with van der Waals surface area (Å²) in [5, 5.41) is 49.0. The van der Waals surface area contributed by atoms with Crippen LogP contribution in [0, 0.1) is 132 Å². The Morgan fingerprint density at radius 1 is 0.462 bits per heavy atom. The monoisotopic (exact) mass is 1940 g/mol. The fourth-order valence-electron chi connectivity index (χ4n) is 5.48. The van der Waals surface area contributed by atoms with Crippen LogP contribution in [0.3, 0.4) is 0 Å². The Balaban J connectivity index is -0.000000113. The van der Waals surface area contributed by atoms with Gasteiger partial charge in [0.05, 0.1) is 42.2 Å². The maximum atomic E-state index is 5.35. The molecule has 34 heteroatoms. The molecule has 26 nitrogen and oxygen atoms in total. The maximum absolute atomic E-state index is 5.35. The van der Waals surface area contributed by atoms with Crippen LogP contribution < -0.4 is 14.9 Å². The van der Waals surface area contributed by atoms with Crippen LogP contribution in [0.5, 0.6) is 5.75 Å². The van der Waals surface area contributed by atoms with Crippen LogP contribution in [-0.4, -0.2) is 103 Å². The average molecular weight is 1940 g/mol. The van der Waals surface area contributed by atoms with Gasteiger partial charge in [-0.15, -0.1) is 49.3 Å². The first kappa shape index (κ1) is 134. The van der Waals surface area contributed by atoms with E-state index in [9.17, 15) is 0 Å². The second-order valence-electron chi connectivity index (χ2n) is 19.5. The predicted octanol–water partition coefficient (Wildman–Crippen LogP) is 24.8. The van der Waals surface area contributed by atoms with E-state index >= 15 is 0 Å². The fraction of sp³-hybridized carbons (Fsp3) is 0.470. The van der Waals surface area contributed by atoms with E-state index in [0.717, 1.165) is 102 Å². The number of rotatable bonds is 0. The number of hydrogen-bond acceptors (Lipinski definition) is 28. The number of aryl methyl sites for hydroxylation is 19. The summed E-state index contributed by atoms with van der Waals surface area (Å²) in [5.74, 6) is 6.37.